The second-order valence-electron chi connectivity index (χ2n) is 19.2. The highest BCUT2D eigenvalue weighted by Gasteiger charge is 2.43. The summed E-state index contributed by atoms with van der Waals surface area (Å²) in [7, 11) is 1.93. The molecule has 3 aromatic carbocycles. The number of H-pyrrole nitrogens is 1. The van der Waals surface area contributed by atoms with Gasteiger partial charge in [0.15, 0.2) is 0 Å². The van der Waals surface area contributed by atoms with Crippen LogP contribution in [-0.2, 0) is 57.6 Å². The molecule has 0 bridgehead atoms. The molecule has 1 aliphatic rings. The van der Waals surface area contributed by atoms with Crippen LogP contribution >= 0.6 is 21.6 Å². The summed E-state index contributed by atoms with van der Waals surface area (Å²) in [6, 6.07) is 10.4. The van der Waals surface area contributed by atoms with Crippen LogP contribution in [0.25, 0.3) is 21.3 Å². The summed E-state index contributed by atoms with van der Waals surface area (Å²) in [6.45, 7) is 5.73. The number of unbranched alkanes of at least 4 members (excludes halogenated alkanes) is 1. The van der Waals surface area contributed by atoms with Crippen molar-refractivity contribution in [2.75, 3.05) is 12.3 Å². The second kappa shape index (κ2) is 28.8. The normalized spacial score (nSPS) is 22.5. The SMILES string of the molecule is C[C@@H](O)[C@H](NC(=O)[C@@H]1NC(=O)[C@H]([C@@H](C)O)NC(=O)[C@@H](CCCCN)NC(=O)[C@@H](Cc2c[nH]c3ccccc23)NC(=O)[C@@H](Cc2ccc(N=[N+]=[N-])cc2)NC(=O)[C@H](NC(=O)[C@@H](N)Cc2ccccc2)CSSC1(C)C)C(N)=O. The number of hydrogen-bond donors (Lipinski definition) is 13. The van der Waals surface area contributed by atoms with Crippen LogP contribution in [0.3, 0.4) is 0 Å². The lowest BCUT2D eigenvalue weighted by atomic mass is 9.99. The van der Waals surface area contributed by atoms with Crippen LogP contribution in [0.1, 0.15) is 63.6 Å². The molecule has 0 spiro atoms. The van der Waals surface area contributed by atoms with E-state index >= 15 is 0 Å². The van der Waals surface area contributed by atoms with Gasteiger partial charge in [-0.1, -0.05) is 99.5 Å². The second-order valence-corrected chi connectivity index (χ2v) is 22.2. The number of carbonyl (C=O) groups is 8. The number of benzene rings is 3. The van der Waals surface area contributed by atoms with Gasteiger partial charge in [0.25, 0.3) is 0 Å². The van der Waals surface area contributed by atoms with Gasteiger partial charge in [-0.2, -0.15) is 0 Å². The number of amides is 8. The number of aromatic amines is 1. The van der Waals surface area contributed by atoms with E-state index in [0.717, 1.165) is 38.1 Å². The van der Waals surface area contributed by atoms with Crippen molar-refractivity contribution in [2.24, 2.45) is 22.3 Å². The van der Waals surface area contributed by atoms with E-state index in [9.17, 15) is 48.6 Å². The zero-order valence-corrected chi connectivity index (χ0v) is 44.7. The third-order valence-electron chi connectivity index (χ3n) is 12.7. The summed E-state index contributed by atoms with van der Waals surface area (Å²) in [6.07, 6.45) is -0.984. The number of rotatable bonds is 18. The summed E-state index contributed by atoms with van der Waals surface area (Å²) in [5, 5.41) is 44.3. The highest BCUT2D eigenvalue weighted by Crippen LogP contribution is 2.39. The Balaban J connectivity index is 1.64. The summed E-state index contributed by atoms with van der Waals surface area (Å²) in [5.74, 6) is -7.65. The highest BCUT2D eigenvalue weighted by molar-refractivity contribution is 8.77. The van der Waals surface area contributed by atoms with Crippen LogP contribution in [-0.4, -0.2) is 140 Å². The fraction of sp³-hybridized carbons (Fsp3) is 0.451. The Hall–Kier alpha value is -7.19. The molecule has 16 N–H and O–H groups in total. The monoisotopic (exact) mass is 1100 g/mol. The van der Waals surface area contributed by atoms with Gasteiger partial charge in [0, 0.05) is 51.0 Å². The molecular weight excluding hydrogens is 1030 g/mol. The van der Waals surface area contributed by atoms with E-state index in [1.165, 1.54) is 39.8 Å². The van der Waals surface area contributed by atoms with E-state index in [-0.39, 0.29) is 43.7 Å². The zero-order chi connectivity index (χ0) is 56.4. The molecule has 8 amide bonds. The van der Waals surface area contributed by atoms with Crippen LogP contribution in [0.5, 0.6) is 0 Å². The first-order chi connectivity index (χ1) is 36.6. The Bertz CT molecular complexity index is 2760. The van der Waals surface area contributed by atoms with Crippen molar-refractivity contribution in [3.63, 3.8) is 0 Å². The van der Waals surface area contributed by atoms with E-state index in [2.05, 4.69) is 52.2 Å². The van der Waals surface area contributed by atoms with Gasteiger partial charge < -0.3 is 69.6 Å². The van der Waals surface area contributed by atoms with Gasteiger partial charge in [-0.05, 0) is 88.2 Å². The first kappa shape index (κ1) is 60.7. The van der Waals surface area contributed by atoms with Crippen molar-refractivity contribution in [1.82, 2.24) is 42.2 Å². The predicted molar refractivity (Wildman–Crippen MR) is 292 cm³/mol. The quantitative estimate of drug-likeness (QED) is 0.0211. The highest BCUT2D eigenvalue weighted by atomic mass is 33.1. The van der Waals surface area contributed by atoms with Crippen molar-refractivity contribution >= 4 is 85.4 Å². The van der Waals surface area contributed by atoms with Crippen LogP contribution in [0.4, 0.5) is 5.69 Å². The van der Waals surface area contributed by atoms with E-state index in [0.29, 0.717) is 24.0 Å². The minimum Gasteiger partial charge on any atom is -0.391 e. The summed E-state index contributed by atoms with van der Waals surface area (Å²) in [4.78, 5) is 120. The maximum atomic E-state index is 14.9. The molecule has 1 aromatic heterocycles. The smallest absolute Gasteiger partial charge is 0.245 e. The predicted octanol–water partition coefficient (Wildman–Crippen LogP) is 0.408. The van der Waals surface area contributed by atoms with Gasteiger partial charge in [-0.15, -0.1) is 0 Å². The van der Waals surface area contributed by atoms with Crippen molar-refractivity contribution in [2.45, 2.75) is 132 Å². The molecular formula is C51H68N14O10S2. The molecule has 5 rings (SSSR count). The number of fused-ring (bicyclic) bond motifs is 1. The molecule has 77 heavy (non-hydrogen) atoms. The Labute approximate surface area is 452 Å². The van der Waals surface area contributed by atoms with Crippen molar-refractivity contribution < 1.29 is 48.6 Å². The molecule has 2 heterocycles. The fourth-order valence-electron chi connectivity index (χ4n) is 8.34. The Morgan fingerprint density at radius 2 is 1.43 bits per heavy atom. The lowest BCUT2D eigenvalue weighted by Gasteiger charge is -2.36. The number of primary amides is 1. The average Bonchev–Trinajstić information content (AvgIpc) is 3.80. The molecule has 24 nitrogen and oxygen atoms in total. The van der Waals surface area contributed by atoms with E-state index in [1.807, 2.05) is 18.2 Å². The number of aliphatic hydroxyl groups excluding tert-OH is 2. The minimum absolute atomic E-state index is 0.0247. The Morgan fingerprint density at radius 3 is 2.06 bits per heavy atom. The first-order valence-electron chi connectivity index (χ1n) is 24.9. The topological polar surface area (TPSA) is 404 Å². The third-order valence-corrected chi connectivity index (χ3v) is 16.0. The maximum Gasteiger partial charge on any atom is 0.245 e. The van der Waals surface area contributed by atoms with Crippen molar-refractivity contribution in [1.29, 1.82) is 0 Å². The standard InChI is InChI=1S/C51H68N14O10S2/c1-27(66)40(43(54)68)61-50(75)42-51(3,4)77-76-26-39(60-44(69)34(53)22-29-12-6-5-7-13-29)48(73)58-37(23-30-17-19-32(20-18-30)64-65-55)46(71)59-38(24-31-25-56-35-15-9-8-14-33(31)35)47(72)57-36(16-10-11-21-52)45(70)62-41(28(2)67)49(74)63-42/h5-9,12-15,17-20,25,27-28,34,36-42,56,66-67H,10-11,16,21-24,26,52-53H2,1-4H3,(H2,54,68)(H,57,72)(H,58,73)(H,59,71)(H,60,69)(H,61,75)(H,62,70)(H,63,74)/t27-,28-,34+,36-,37-,38-,39-,40+,41+,42+/m1/s1. The number of nitrogens with two attached hydrogens (primary N) is 3. The van der Waals surface area contributed by atoms with Gasteiger partial charge in [0.1, 0.15) is 42.3 Å². The lowest BCUT2D eigenvalue weighted by Crippen LogP contribution is -2.65. The molecule has 4 aromatic rings. The number of nitrogens with one attached hydrogen (secondary N) is 8. The Morgan fingerprint density at radius 1 is 0.805 bits per heavy atom. The van der Waals surface area contributed by atoms with Gasteiger partial charge in [0.05, 0.1) is 18.2 Å². The van der Waals surface area contributed by atoms with Crippen LogP contribution in [0.2, 0.25) is 0 Å². The van der Waals surface area contributed by atoms with E-state index < -0.39 is 113 Å². The summed E-state index contributed by atoms with van der Waals surface area (Å²) >= 11 is 0. The number of aliphatic hydroxyl groups is 2. The summed E-state index contributed by atoms with van der Waals surface area (Å²) < 4.78 is -1.43. The van der Waals surface area contributed by atoms with Gasteiger partial charge in [-0.3, -0.25) is 38.4 Å². The number of nitrogens with zero attached hydrogens (tertiary/aromatic N) is 3. The maximum absolute atomic E-state index is 14.9. The molecule has 26 heteroatoms. The number of para-hydroxylation sites is 1. The molecule has 414 valence electrons. The number of aromatic nitrogens is 1. The van der Waals surface area contributed by atoms with Crippen LogP contribution in [0.15, 0.2) is 90.2 Å². The number of azide groups is 1. The van der Waals surface area contributed by atoms with Gasteiger partial charge in [0.2, 0.25) is 47.3 Å². The van der Waals surface area contributed by atoms with Crippen molar-refractivity contribution in [3.05, 3.63) is 112 Å². The molecule has 0 radical (unpaired) electrons. The lowest BCUT2D eigenvalue weighted by molar-refractivity contribution is -0.137. The van der Waals surface area contributed by atoms with Gasteiger partial charge in [-0.25, -0.2) is 0 Å². The largest absolute Gasteiger partial charge is 0.391 e. The first-order valence-corrected chi connectivity index (χ1v) is 27.2. The minimum atomic E-state index is -1.76. The molecule has 0 saturated carbocycles. The fourth-order valence-corrected chi connectivity index (χ4v) is 11.2. The molecule has 1 aliphatic heterocycles. The zero-order valence-electron chi connectivity index (χ0n) is 43.1. The van der Waals surface area contributed by atoms with Crippen molar-refractivity contribution in [3.8, 4) is 0 Å². The molecule has 1 saturated heterocycles. The van der Waals surface area contributed by atoms with E-state index in [1.54, 1.807) is 54.7 Å². The Kier molecular flexibility index (Phi) is 22.7. The van der Waals surface area contributed by atoms with Gasteiger partial charge >= 0.3 is 0 Å². The molecule has 10 atom stereocenters. The number of carbonyl (C=O) groups excluding carboxylic acids is 8. The van der Waals surface area contributed by atoms with Crippen LogP contribution < -0.4 is 54.4 Å². The van der Waals surface area contributed by atoms with E-state index in [4.69, 9.17) is 22.7 Å². The molecule has 0 unspecified atom stereocenters. The number of hydrogen-bond acceptors (Lipinski definition) is 15. The van der Waals surface area contributed by atoms with Crippen LogP contribution in [0, 0.1) is 0 Å². The molecule has 1 fully saturated rings. The average molecular weight is 1100 g/mol. The summed E-state index contributed by atoms with van der Waals surface area (Å²) in [5.41, 5.74) is 29.6. The third kappa shape index (κ3) is 17.7. The molecule has 0 aliphatic carbocycles.